The van der Waals surface area contributed by atoms with Crippen molar-refractivity contribution in [3.05, 3.63) is 23.8 Å². The molecule has 0 radical (unpaired) electrons. The molecule has 3 fully saturated rings. The molecule has 22 heavy (non-hydrogen) atoms. The Morgan fingerprint density at radius 2 is 2.14 bits per heavy atom. The van der Waals surface area contributed by atoms with E-state index < -0.39 is 0 Å². The molecule has 5 aliphatic rings. The second kappa shape index (κ2) is 4.35. The molecule has 0 bridgehead atoms. The van der Waals surface area contributed by atoms with Gasteiger partial charge in [-0.05, 0) is 90.7 Å². The lowest BCUT2D eigenvalue weighted by molar-refractivity contribution is -0.115. The zero-order valence-electron chi connectivity index (χ0n) is 13.5. The molecule has 2 heteroatoms. The zero-order chi connectivity index (χ0) is 15.1. The summed E-state index contributed by atoms with van der Waals surface area (Å²) in [7, 11) is 0. The van der Waals surface area contributed by atoms with Crippen molar-refractivity contribution in [3.8, 4) is 0 Å². The van der Waals surface area contributed by atoms with Gasteiger partial charge in [-0.3, -0.25) is 4.79 Å². The summed E-state index contributed by atoms with van der Waals surface area (Å²) >= 11 is 0. The third-order valence-electron chi connectivity index (χ3n) is 8.14. The Balaban J connectivity index is 1.53. The average Bonchev–Trinajstić information content (AvgIpc) is 3.21. The van der Waals surface area contributed by atoms with E-state index in [0.717, 1.165) is 54.9 Å². The van der Waals surface area contributed by atoms with Crippen LogP contribution in [0.2, 0.25) is 0 Å². The lowest BCUT2D eigenvalue weighted by Gasteiger charge is -2.53. The molecule has 3 saturated carbocycles. The van der Waals surface area contributed by atoms with Gasteiger partial charge in [0.2, 0.25) is 0 Å². The lowest BCUT2D eigenvalue weighted by atomic mass is 9.51. The van der Waals surface area contributed by atoms with Crippen molar-refractivity contribution in [3.63, 3.8) is 0 Å². The van der Waals surface area contributed by atoms with Gasteiger partial charge in [0, 0.05) is 6.42 Å². The third-order valence-corrected chi connectivity index (χ3v) is 8.14. The number of nitrogens with two attached hydrogens (primary N) is 1. The average molecular weight is 297 g/mol. The smallest absolute Gasteiger partial charge is 0.155 e. The van der Waals surface area contributed by atoms with E-state index in [1.807, 2.05) is 6.08 Å². The van der Waals surface area contributed by atoms with E-state index in [-0.39, 0.29) is 0 Å². The van der Waals surface area contributed by atoms with Crippen LogP contribution in [-0.4, -0.2) is 12.3 Å². The van der Waals surface area contributed by atoms with Gasteiger partial charge in [-0.25, -0.2) is 0 Å². The Kier molecular flexibility index (Phi) is 2.67. The van der Waals surface area contributed by atoms with Crippen molar-refractivity contribution >= 4 is 5.78 Å². The molecule has 0 saturated heterocycles. The second-order valence-electron chi connectivity index (χ2n) is 8.83. The first-order valence-corrected chi connectivity index (χ1v) is 9.26. The Morgan fingerprint density at radius 3 is 2.95 bits per heavy atom. The molecular weight excluding hydrogens is 270 g/mol. The maximum absolute atomic E-state index is 11.7. The molecule has 5 rings (SSSR count). The first kappa shape index (κ1) is 13.5. The van der Waals surface area contributed by atoms with Crippen LogP contribution in [0.25, 0.3) is 0 Å². The maximum atomic E-state index is 11.7. The van der Waals surface area contributed by atoms with E-state index in [2.05, 4.69) is 19.1 Å². The van der Waals surface area contributed by atoms with Gasteiger partial charge in [0.15, 0.2) is 5.78 Å². The van der Waals surface area contributed by atoms with Crippen molar-refractivity contribution in [1.82, 2.24) is 0 Å². The second-order valence-corrected chi connectivity index (χ2v) is 8.83. The molecule has 7 unspecified atom stereocenters. The van der Waals surface area contributed by atoms with Gasteiger partial charge in [-0.2, -0.15) is 0 Å². The van der Waals surface area contributed by atoms with Crippen LogP contribution in [0.15, 0.2) is 23.8 Å². The van der Waals surface area contributed by atoms with Crippen LogP contribution >= 0.6 is 0 Å². The largest absolute Gasteiger partial charge is 0.330 e. The quantitative estimate of drug-likeness (QED) is 0.806. The van der Waals surface area contributed by atoms with Crippen LogP contribution in [0.1, 0.15) is 39.0 Å². The first-order chi connectivity index (χ1) is 10.6. The fraction of sp³-hybridized carbons (Fsp3) is 0.750. The van der Waals surface area contributed by atoms with Gasteiger partial charge in [-0.15, -0.1) is 0 Å². The van der Waals surface area contributed by atoms with E-state index in [9.17, 15) is 4.79 Å². The van der Waals surface area contributed by atoms with Crippen molar-refractivity contribution in [1.29, 1.82) is 0 Å². The van der Waals surface area contributed by atoms with E-state index in [1.54, 1.807) is 0 Å². The van der Waals surface area contributed by atoms with Crippen molar-refractivity contribution in [2.24, 2.45) is 52.6 Å². The minimum absolute atomic E-state index is 0.335. The molecule has 0 aromatic rings. The monoisotopic (exact) mass is 297 g/mol. The molecule has 2 N–H and O–H groups in total. The summed E-state index contributed by atoms with van der Waals surface area (Å²) in [4.78, 5) is 11.7. The topological polar surface area (TPSA) is 43.1 Å². The maximum Gasteiger partial charge on any atom is 0.155 e. The molecule has 0 spiro atoms. The number of carbonyl (C=O) groups excluding carboxylic acids is 1. The highest BCUT2D eigenvalue weighted by molar-refractivity contribution is 5.91. The number of rotatable bonds is 1. The van der Waals surface area contributed by atoms with Crippen LogP contribution in [-0.2, 0) is 4.79 Å². The van der Waals surface area contributed by atoms with Crippen molar-refractivity contribution in [2.75, 3.05) is 6.54 Å². The molecule has 0 aliphatic heterocycles. The molecule has 0 amide bonds. The Hall–Kier alpha value is -0.890. The fourth-order valence-electron chi connectivity index (χ4n) is 7.21. The van der Waals surface area contributed by atoms with Gasteiger partial charge in [0.1, 0.15) is 0 Å². The Morgan fingerprint density at radius 1 is 1.27 bits per heavy atom. The van der Waals surface area contributed by atoms with Crippen LogP contribution in [0, 0.1) is 46.8 Å². The van der Waals surface area contributed by atoms with Crippen molar-refractivity contribution in [2.45, 2.75) is 39.0 Å². The van der Waals surface area contributed by atoms with Gasteiger partial charge in [0.05, 0.1) is 0 Å². The third kappa shape index (κ3) is 1.57. The zero-order valence-corrected chi connectivity index (χ0v) is 13.5. The standard InChI is InChI=1S/C20H27NO/c1-20-7-6-14-13-5-3-12(22)8-11(13)2-4-15(14)19(20)17-9-16(17)18(20)10-21/h2,4,8,13-19H,3,5-7,9-10,21H2,1H3/t13?,14?,15?,16?,17?,18-,19?,20?/m0/s1. The summed E-state index contributed by atoms with van der Waals surface area (Å²) in [5.41, 5.74) is 7.99. The Bertz CT molecular complexity index is 591. The van der Waals surface area contributed by atoms with E-state index in [4.69, 9.17) is 5.73 Å². The number of ketones is 1. The predicted octanol–water partition coefficient (Wildman–Crippen LogP) is 3.34. The fourth-order valence-corrected chi connectivity index (χ4v) is 7.21. The van der Waals surface area contributed by atoms with E-state index in [1.165, 1.54) is 24.8 Å². The molecule has 8 atom stereocenters. The molecule has 0 aromatic heterocycles. The van der Waals surface area contributed by atoms with Crippen LogP contribution in [0.5, 0.6) is 0 Å². The SMILES string of the molecule is CC12CCC3C4CCC(=O)C=C4C=CC3C1C1CC1[C@@H]2CN. The highest BCUT2D eigenvalue weighted by Crippen LogP contribution is 2.73. The van der Waals surface area contributed by atoms with Gasteiger partial charge in [-0.1, -0.05) is 19.1 Å². The highest BCUT2D eigenvalue weighted by atomic mass is 16.1. The van der Waals surface area contributed by atoms with Gasteiger partial charge < -0.3 is 5.73 Å². The number of hydrogen-bond acceptors (Lipinski definition) is 2. The summed E-state index contributed by atoms with van der Waals surface area (Å²) in [6, 6.07) is 0. The highest BCUT2D eigenvalue weighted by Gasteiger charge is 2.68. The number of carbonyl (C=O) groups is 1. The summed E-state index contributed by atoms with van der Waals surface area (Å²) in [5, 5.41) is 0. The van der Waals surface area contributed by atoms with Crippen LogP contribution in [0.3, 0.4) is 0 Å². The van der Waals surface area contributed by atoms with E-state index >= 15 is 0 Å². The van der Waals surface area contributed by atoms with Crippen LogP contribution in [0.4, 0.5) is 0 Å². The first-order valence-electron chi connectivity index (χ1n) is 9.26. The minimum atomic E-state index is 0.335. The number of fused-ring (bicyclic) bond motifs is 7. The predicted molar refractivity (Wildman–Crippen MR) is 86.9 cm³/mol. The summed E-state index contributed by atoms with van der Waals surface area (Å²) in [5.74, 6) is 6.04. The summed E-state index contributed by atoms with van der Waals surface area (Å²) in [6.07, 6.45) is 12.7. The van der Waals surface area contributed by atoms with Crippen LogP contribution < -0.4 is 5.73 Å². The molecule has 0 heterocycles. The minimum Gasteiger partial charge on any atom is -0.330 e. The number of allylic oxidation sites excluding steroid dienone is 4. The number of hydrogen-bond donors (Lipinski definition) is 1. The normalized spacial score (nSPS) is 54.9. The molecule has 5 aliphatic carbocycles. The Labute approximate surface area is 133 Å². The molecular formula is C20H27NO. The molecule has 118 valence electrons. The van der Waals surface area contributed by atoms with Gasteiger partial charge in [0.25, 0.3) is 0 Å². The summed E-state index contributed by atoms with van der Waals surface area (Å²) in [6.45, 7) is 3.43. The van der Waals surface area contributed by atoms with Crippen molar-refractivity contribution < 1.29 is 4.79 Å². The molecule has 0 aromatic carbocycles. The molecule has 2 nitrogen and oxygen atoms in total. The van der Waals surface area contributed by atoms with Gasteiger partial charge >= 0.3 is 0 Å². The lowest BCUT2D eigenvalue weighted by Crippen LogP contribution is -2.48. The van der Waals surface area contributed by atoms with E-state index in [0.29, 0.717) is 17.1 Å². The summed E-state index contributed by atoms with van der Waals surface area (Å²) < 4.78 is 0.